The Hall–Kier alpha value is -3.26. The number of Topliss-reactive ketones (excluding diaryl/α,β-unsaturated/α-hetero) is 1. The lowest BCUT2D eigenvalue weighted by atomic mass is 9.68. The van der Waals surface area contributed by atoms with Crippen LogP contribution in [0.5, 0.6) is 0 Å². The maximum atomic E-state index is 14.8. The van der Waals surface area contributed by atoms with Gasteiger partial charge in [0.05, 0.1) is 23.6 Å². The highest BCUT2D eigenvalue weighted by Crippen LogP contribution is 2.61. The number of anilines is 1. The fourth-order valence-corrected chi connectivity index (χ4v) is 8.50. The van der Waals surface area contributed by atoms with E-state index in [0.29, 0.717) is 36.2 Å². The number of nitro benzene ring substituents is 1. The Balaban J connectivity index is 1.29. The molecule has 5 aliphatic rings. The molecule has 0 aliphatic carbocycles. The van der Waals surface area contributed by atoms with Crippen LogP contribution in [0.4, 0.5) is 11.4 Å². The maximum Gasteiger partial charge on any atom is 0.272 e. The summed E-state index contributed by atoms with van der Waals surface area (Å²) in [5, 5.41) is 37.5. The van der Waals surface area contributed by atoms with Crippen molar-refractivity contribution in [2.75, 3.05) is 18.5 Å². The Morgan fingerprint density at radius 2 is 1.91 bits per heavy atom. The van der Waals surface area contributed by atoms with Crippen LogP contribution in [0.15, 0.2) is 48.5 Å². The number of ketones is 1. The van der Waals surface area contributed by atoms with Gasteiger partial charge in [-0.15, -0.1) is 0 Å². The van der Waals surface area contributed by atoms with Crippen LogP contribution in [-0.4, -0.2) is 87.7 Å². The van der Waals surface area contributed by atoms with Gasteiger partial charge in [0.15, 0.2) is 6.29 Å². The number of para-hydroxylation sites is 2. The molecular formula is C32H37N3O9. The first-order valence-corrected chi connectivity index (χ1v) is 15.5. The summed E-state index contributed by atoms with van der Waals surface area (Å²) >= 11 is 0. The lowest BCUT2D eigenvalue weighted by Crippen LogP contribution is -2.63. The van der Waals surface area contributed by atoms with Gasteiger partial charge in [0, 0.05) is 41.3 Å². The molecule has 5 aliphatic heterocycles. The Morgan fingerprint density at radius 1 is 1.14 bits per heavy atom. The number of fused-ring (bicyclic) bond motifs is 5. The molecule has 7 rings (SSSR count). The maximum absolute atomic E-state index is 14.8. The predicted octanol–water partition coefficient (Wildman–Crippen LogP) is 2.61. The predicted molar refractivity (Wildman–Crippen MR) is 156 cm³/mol. The highest BCUT2D eigenvalue weighted by atomic mass is 16.7. The molecule has 0 radical (unpaired) electrons. The zero-order chi connectivity index (χ0) is 30.7. The van der Waals surface area contributed by atoms with E-state index in [1.54, 1.807) is 24.3 Å². The summed E-state index contributed by atoms with van der Waals surface area (Å²) in [6.45, 7) is 2.68. The van der Waals surface area contributed by atoms with E-state index in [2.05, 4.69) is 10.2 Å². The molecule has 3 unspecified atom stereocenters. The number of aliphatic hydroxyl groups excluding tert-OH is 2. The van der Waals surface area contributed by atoms with Gasteiger partial charge in [-0.2, -0.15) is 0 Å². The number of carbonyl (C=O) groups excluding carboxylic acids is 2. The van der Waals surface area contributed by atoms with Crippen molar-refractivity contribution in [1.29, 1.82) is 0 Å². The standard InChI is InChI=1S/C32H37N3O9/c1-2-8-25-42-16-24-30(44-25)29(38)28(37)23(43-24)15-22(36)27-26(17-9-3-6-12-20(17)35(40)41)21-13-7-14-34(21)32(27)18-10-4-5-11-19(18)33-31(32)39/h3-6,9-12,21,23-30,37-38H,2,7-8,13-16H2,1H3,(H,33,39)/t21?,23-,24+,25?,26?,27+,28-,29+,30+,32+/m0/s1. The van der Waals surface area contributed by atoms with E-state index < -0.39 is 59.1 Å². The van der Waals surface area contributed by atoms with Crippen molar-refractivity contribution in [3.63, 3.8) is 0 Å². The van der Waals surface area contributed by atoms with Gasteiger partial charge in [0.1, 0.15) is 35.7 Å². The molecule has 3 N–H and O–H groups in total. The highest BCUT2D eigenvalue weighted by molar-refractivity contribution is 6.10. The molecule has 2 aromatic rings. The minimum atomic E-state index is -1.42. The molecule has 10 atom stereocenters. The molecule has 12 heteroatoms. The Bertz CT molecular complexity index is 1470. The summed E-state index contributed by atoms with van der Waals surface area (Å²) in [6.07, 6.45) is -3.26. The molecule has 1 amide bonds. The average molecular weight is 608 g/mol. The van der Waals surface area contributed by atoms with Crippen molar-refractivity contribution in [2.45, 2.75) is 93.3 Å². The number of carbonyl (C=O) groups is 2. The number of benzene rings is 2. The number of ether oxygens (including phenoxy) is 3. The van der Waals surface area contributed by atoms with Crippen molar-refractivity contribution in [1.82, 2.24) is 4.90 Å². The largest absolute Gasteiger partial charge is 0.388 e. The monoisotopic (exact) mass is 607 g/mol. The second kappa shape index (κ2) is 11.3. The number of aliphatic hydroxyl groups is 2. The number of nitrogens with zero attached hydrogens (tertiary/aromatic N) is 2. The van der Waals surface area contributed by atoms with Crippen LogP contribution in [-0.2, 0) is 29.3 Å². The second-order valence-electron chi connectivity index (χ2n) is 12.5. The molecule has 0 saturated carbocycles. The van der Waals surface area contributed by atoms with Gasteiger partial charge in [0.2, 0.25) is 5.91 Å². The van der Waals surface area contributed by atoms with E-state index in [1.165, 1.54) is 6.07 Å². The van der Waals surface area contributed by atoms with Crippen molar-refractivity contribution >= 4 is 23.1 Å². The van der Waals surface area contributed by atoms with Crippen molar-refractivity contribution in [3.05, 3.63) is 69.8 Å². The van der Waals surface area contributed by atoms with Crippen LogP contribution in [0.3, 0.4) is 0 Å². The van der Waals surface area contributed by atoms with Crippen LogP contribution in [0.1, 0.15) is 56.1 Å². The zero-order valence-corrected chi connectivity index (χ0v) is 24.4. The van der Waals surface area contributed by atoms with Crippen LogP contribution in [0, 0.1) is 16.0 Å². The molecule has 4 saturated heterocycles. The van der Waals surface area contributed by atoms with Gasteiger partial charge in [-0.25, -0.2) is 0 Å². The third kappa shape index (κ3) is 4.34. The number of nitrogens with one attached hydrogen (secondary N) is 1. The van der Waals surface area contributed by atoms with Gasteiger partial charge < -0.3 is 29.7 Å². The summed E-state index contributed by atoms with van der Waals surface area (Å²) in [4.78, 5) is 42.8. The summed E-state index contributed by atoms with van der Waals surface area (Å²) < 4.78 is 17.8. The molecule has 4 fully saturated rings. The van der Waals surface area contributed by atoms with Crippen LogP contribution < -0.4 is 5.32 Å². The molecule has 12 nitrogen and oxygen atoms in total. The highest BCUT2D eigenvalue weighted by Gasteiger charge is 2.70. The molecule has 1 spiro atoms. The molecular weight excluding hydrogens is 570 g/mol. The van der Waals surface area contributed by atoms with Crippen molar-refractivity contribution in [2.24, 2.45) is 5.92 Å². The molecule has 0 bridgehead atoms. The smallest absolute Gasteiger partial charge is 0.272 e. The van der Waals surface area contributed by atoms with Crippen molar-refractivity contribution in [3.8, 4) is 0 Å². The number of nitro groups is 1. The summed E-state index contributed by atoms with van der Waals surface area (Å²) in [6, 6.07) is 13.4. The topological polar surface area (TPSA) is 161 Å². The minimum Gasteiger partial charge on any atom is -0.388 e. The van der Waals surface area contributed by atoms with Crippen LogP contribution in [0.2, 0.25) is 0 Å². The van der Waals surface area contributed by atoms with Gasteiger partial charge in [0.25, 0.3) is 5.69 Å². The van der Waals surface area contributed by atoms with Gasteiger partial charge in [-0.3, -0.25) is 24.6 Å². The van der Waals surface area contributed by atoms with E-state index in [4.69, 9.17) is 14.2 Å². The van der Waals surface area contributed by atoms with Crippen LogP contribution >= 0.6 is 0 Å². The minimum absolute atomic E-state index is 0.101. The first-order valence-electron chi connectivity index (χ1n) is 15.5. The number of hydrogen-bond acceptors (Lipinski definition) is 10. The number of rotatable bonds is 7. The quantitative estimate of drug-likeness (QED) is 0.315. The molecule has 44 heavy (non-hydrogen) atoms. The first-order chi connectivity index (χ1) is 21.3. The third-order valence-corrected chi connectivity index (χ3v) is 10.2. The molecule has 0 aromatic heterocycles. The van der Waals surface area contributed by atoms with Gasteiger partial charge >= 0.3 is 0 Å². The summed E-state index contributed by atoms with van der Waals surface area (Å²) in [5.74, 6) is -2.40. The van der Waals surface area contributed by atoms with Gasteiger partial charge in [-0.1, -0.05) is 49.7 Å². The summed E-state index contributed by atoms with van der Waals surface area (Å²) in [5.41, 5.74) is 0.181. The lowest BCUT2D eigenvalue weighted by molar-refractivity contribution is -0.385. The van der Waals surface area contributed by atoms with E-state index in [1.807, 2.05) is 25.1 Å². The fraction of sp³-hybridized carbons (Fsp3) is 0.562. The Labute approximate surface area is 254 Å². The average Bonchev–Trinajstić information content (AvgIpc) is 3.69. The zero-order valence-electron chi connectivity index (χ0n) is 24.4. The lowest BCUT2D eigenvalue weighted by Gasteiger charge is -2.47. The van der Waals surface area contributed by atoms with E-state index in [-0.39, 0.29) is 36.4 Å². The van der Waals surface area contributed by atoms with E-state index in [9.17, 15) is 29.9 Å². The Morgan fingerprint density at radius 3 is 2.70 bits per heavy atom. The number of amides is 1. The third-order valence-electron chi connectivity index (χ3n) is 10.2. The number of hydrogen-bond donors (Lipinski definition) is 3. The Kier molecular flexibility index (Phi) is 7.54. The molecule has 5 heterocycles. The normalized spacial score (nSPS) is 37.8. The SMILES string of the molecule is CCCC1OC[C@H]2O[C@@H](CC(=O)[C@@H]3C(c4ccccc4[N+](=O)[O-])C4CCCN4[C@@]34C(=O)Nc3ccccc34)[C@H](O)[C@@H](O)[C@@H]2O1. The fourth-order valence-electron chi connectivity index (χ4n) is 8.50. The molecule has 2 aromatic carbocycles. The first kappa shape index (κ1) is 29.5. The molecule has 234 valence electrons. The second-order valence-corrected chi connectivity index (χ2v) is 12.5. The van der Waals surface area contributed by atoms with E-state index in [0.717, 1.165) is 12.8 Å². The summed E-state index contributed by atoms with van der Waals surface area (Å²) in [7, 11) is 0. The van der Waals surface area contributed by atoms with Crippen LogP contribution in [0.25, 0.3) is 0 Å². The van der Waals surface area contributed by atoms with E-state index >= 15 is 0 Å². The van der Waals surface area contributed by atoms with Gasteiger partial charge in [-0.05, 0) is 31.9 Å². The van der Waals surface area contributed by atoms with Crippen molar-refractivity contribution < 1.29 is 38.9 Å².